The first kappa shape index (κ1) is 18.2. The van der Waals surface area contributed by atoms with Crippen molar-refractivity contribution in [3.8, 4) is 0 Å². The molecule has 1 saturated heterocycles. The molecule has 0 bridgehead atoms. The maximum Gasteiger partial charge on any atom is 0.282 e. The summed E-state index contributed by atoms with van der Waals surface area (Å²) in [5.74, 6) is -3.66. The molecule has 2 aromatic rings. The highest BCUT2D eigenvalue weighted by atomic mass is 19.2. The lowest BCUT2D eigenvalue weighted by atomic mass is 10.2. The van der Waals surface area contributed by atoms with E-state index in [1.54, 1.807) is 6.92 Å². The zero-order chi connectivity index (χ0) is 18.7. The molecule has 0 saturated carbocycles. The van der Waals surface area contributed by atoms with E-state index in [0.717, 1.165) is 49.0 Å². The maximum atomic E-state index is 13.7. The van der Waals surface area contributed by atoms with Crippen LogP contribution >= 0.6 is 0 Å². The van der Waals surface area contributed by atoms with Crippen molar-refractivity contribution in [3.63, 3.8) is 0 Å². The summed E-state index contributed by atoms with van der Waals surface area (Å²) in [7, 11) is 0. The molecule has 0 aliphatic carbocycles. The number of carbonyl (C=O) groups is 1. The third-order valence-corrected chi connectivity index (χ3v) is 4.74. The van der Waals surface area contributed by atoms with Gasteiger partial charge in [-0.15, -0.1) is 0 Å². The van der Waals surface area contributed by atoms with Gasteiger partial charge in [-0.1, -0.05) is 6.07 Å². The molecule has 0 radical (unpaired) electrons. The van der Waals surface area contributed by atoms with E-state index in [-0.39, 0.29) is 5.69 Å². The molecule has 138 valence electrons. The molecular formula is C18H21F3N4O+2. The van der Waals surface area contributed by atoms with E-state index in [2.05, 4.69) is 15.2 Å². The fraction of sp³-hybridized carbons (Fsp3) is 0.333. The highest BCUT2D eigenvalue weighted by molar-refractivity contribution is 5.93. The second-order valence-electron chi connectivity index (χ2n) is 6.33. The van der Waals surface area contributed by atoms with Crippen LogP contribution in [0.1, 0.15) is 6.92 Å². The average Bonchev–Trinajstić information content (AvgIpc) is 2.68. The number of hydrogen-bond donors (Lipinski definition) is 2. The summed E-state index contributed by atoms with van der Waals surface area (Å²) in [6.45, 7) is 4.75. The van der Waals surface area contributed by atoms with Crippen LogP contribution in [0.3, 0.4) is 0 Å². The van der Waals surface area contributed by atoms with Gasteiger partial charge in [0.1, 0.15) is 26.2 Å². The molecule has 26 heavy (non-hydrogen) atoms. The smallest absolute Gasteiger partial charge is 0.282 e. The summed E-state index contributed by atoms with van der Waals surface area (Å²) in [5, 5.41) is 2.36. The molecular weight excluding hydrogens is 345 g/mol. The van der Waals surface area contributed by atoms with Gasteiger partial charge in [-0.25, -0.2) is 18.2 Å². The predicted molar refractivity (Wildman–Crippen MR) is 90.3 cm³/mol. The third-order valence-electron chi connectivity index (χ3n) is 4.74. The SMILES string of the molecule is C[C@H](C(=O)Nc1ccc(F)c(F)c1F)[NH+]1CCN(c2cccc[nH+]2)CC1. The number of amides is 1. The summed E-state index contributed by atoms with van der Waals surface area (Å²) >= 11 is 0. The average molecular weight is 366 g/mol. The molecule has 1 aliphatic rings. The van der Waals surface area contributed by atoms with E-state index >= 15 is 0 Å². The van der Waals surface area contributed by atoms with Gasteiger partial charge in [0.2, 0.25) is 0 Å². The number of pyridine rings is 1. The number of nitrogens with zero attached hydrogens (tertiary/aromatic N) is 1. The van der Waals surface area contributed by atoms with Crippen LogP contribution in [-0.2, 0) is 4.79 Å². The summed E-state index contributed by atoms with van der Waals surface area (Å²) in [5.41, 5.74) is -0.349. The zero-order valence-electron chi connectivity index (χ0n) is 14.4. The molecule has 2 heterocycles. The van der Waals surface area contributed by atoms with Gasteiger partial charge in [0.15, 0.2) is 23.5 Å². The van der Waals surface area contributed by atoms with Crippen molar-refractivity contribution in [3.05, 3.63) is 54.0 Å². The van der Waals surface area contributed by atoms with E-state index in [1.165, 1.54) is 0 Å². The minimum absolute atomic E-state index is 0.349. The Kier molecular flexibility index (Phi) is 5.41. The number of aromatic nitrogens is 1. The monoisotopic (exact) mass is 366 g/mol. The number of quaternary nitrogens is 1. The predicted octanol–water partition coefficient (Wildman–Crippen LogP) is 0.650. The molecule has 1 aromatic carbocycles. The second-order valence-corrected chi connectivity index (χ2v) is 6.33. The van der Waals surface area contributed by atoms with E-state index in [9.17, 15) is 18.0 Å². The number of H-pyrrole nitrogens is 1. The number of piperazine rings is 1. The second kappa shape index (κ2) is 7.74. The van der Waals surface area contributed by atoms with Crippen LogP contribution in [0.2, 0.25) is 0 Å². The fourth-order valence-corrected chi connectivity index (χ4v) is 3.10. The van der Waals surface area contributed by atoms with Gasteiger partial charge in [0.25, 0.3) is 11.7 Å². The topological polar surface area (TPSA) is 50.9 Å². The lowest BCUT2D eigenvalue weighted by Crippen LogP contribution is -3.19. The molecule has 8 heteroatoms. The molecule has 1 aliphatic heterocycles. The van der Waals surface area contributed by atoms with Gasteiger partial charge in [-0.2, -0.15) is 0 Å². The Hall–Kier alpha value is -2.61. The first-order chi connectivity index (χ1) is 12.5. The third kappa shape index (κ3) is 3.80. The van der Waals surface area contributed by atoms with Crippen molar-refractivity contribution in [2.24, 2.45) is 0 Å². The number of carbonyl (C=O) groups excluding carboxylic acids is 1. The molecule has 1 fully saturated rings. The number of anilines is 2. The Balaban J connectivity index is 1.59. The zero-order valence-corrected chi connectivity index (χ0v) is 14.4. The van der Waals surface area contributed by atoms with E-state index in [4.69, 9.17) is 0 Å². The van der Waals surface area contributed by atoms with E-state index in [0.29, 0.717) is 0 Å². The van der Waals surface area contributed by atoms with Crippen molar-refractivity contribution in [2.75, 3.05) is 36.4 Å². The molecule has 0 spiro atoms. The Morgan fingerprint density at radius 1 is 1.15 bits per heavy atom. The highest BCUT2D eigenvalue weighted by Crippen LogP contribution is 2.19. The first-order valence-electron chi connectivity index (χ1n) is 8.48. The number of rotatable bonds is 4. The summed E-state index contributed by atoms with van der Waals surface area (Å²) in [6, 6.07) is 7.24. The number of aromatic amines is 1. The molecule has 1 atom stereocenters. The summed E-state index contributed by atoms with van der Waals surface area (Å²) in [4.78, 5) is 18.8. The molecule has 1 amide bonds. The summed E-state index contributed by atoms with van der Waals surface area (Å²) in [6.07, 6.45) is 1.86. The Bertz CT molecular complexity index is 780. The quantitative estimate of drug-likeness (QED) is 0.781. The van der Waals surface area contributed by atoms with Crippen LogP contribution in [0, 0.1) is 17.5 Å². The first-order valence-corrected chi connectivity index (χ1v) is 8.48. The van der Waals surface area contributed by atoms with Gasteiger partial charge in [0.05, 0.1) is 11.9 Å². The fourth-order valence-electron chi connectivity index (χ4n) is 3.10. The minimum Gasteiger partial charge on any atom is -0.318 e. The van der Waals surface area contributed by atoms with Crippen molar-refractivity contribution in [1.29, 1.82) is 0 Å². The van der Waals surface area contributed by atoms with Crippen LogP contribution in [0.25, 0.3) is 0 Å². The standard InChI is InChI=1S/C18H19F3N4O/c1-12(18(26)23-14-6-5-13(19)16(20)17(14)21)24-8-10-25(11-9-24)15-4-2-3-7-22-15/h2-7,12H,8-11H2,1H3,(H,23,26)/p+2/t12-/m1/s1. The molecule has 3 N–H and O–H groups in total. The highest BCUT2D eigenvalue weighted by Gasteiger charge is 2.32. The van der Waals surface area contributed by atoms with E-state index in [1.807, 2.05) is 24.4 Å². The molecule has 0 unspecified atom stereocenters. The van der Waals surface area contributed by atoms with Crippen LogP contribution < -0.4 is 20.1 Å². The van der Waals surface area contributed by atoms with Crippen molar-refractivity contribution in [2.45, 2.75) is 13.0 Å². The minimum atomic E-state index is -1.59. The Morgan fingerprint density at radius 3 is 2.54 bits per heavy atom. The van der Waals surface area contributed by atoms with Gasteiger partial charge in [-0.05, 0) is 25.1 Å². The maximum absolute atomic E-state index is 13.7. The van der Waals surface area contributed by atoms with Gasteiger partial charge in [0, 0.05) is 6.07 Å². The van der Waals surface area contributed by atoms with Crippen molar-refractivity contribution < 1.29 is 27.8 Å². The Morgan fingerprint density at radius 2 is 1.88 bits per heavy atom. The molecule has 5 nitrogen and oxygen atoms in total. The largest absolute Gasteiger partial charge is 0.318 e. The lowest BCUT2D eigenvalue weighted by Gasteiger charge is -2.31. The normalized spacial score (nSPS) is 16.4. The van der Waals surface area contributed by atoms with Crippen LogP contribution in [0.15, 0.2) is 36.5 Å². The van der Waals surface area contributed by atoms with Crippen molar-refractivity contribution >= 4 is 17.4 Å². The number of halogens is 3. The summed E-state index contributed by atoms with van der Waals surface area (Å²) < 4.78 is 40.0. The number of benzene rings is 1. The number of nitrogens with one attached hydrogen (secondary N) is 3. The Labute approximate surface area is 149 Å². The van der Waals surface area contributed by atoms with Crippen LogP contribution in [0.5, 0.6) is 0 Å². The van der Waals surface area contributed by atoms with Crippen LogP contribution in [-0.4, -0.2) is 38.1 Å². The molecule has 1 aromatic heterocycles. The lowest BCUT2D eigenvalue weighted by molar-refractivity contribution is -0.914. The van der Waals surface area contributed by atoms with Crippen LogP contribution in [0.4, 0.5) is 24.7 Å². The van der Waals surface area contributed by atoms with Crippen molar-refractivity contribution in [1.82, 2.24) is 0 Å². The van der Waals surface area contributed by atoms with Gasteiger partial charge >= 0.3 is 0 Å². The van der Waals surface area contributed by atoms with Gasteiger partial charge < -0.3 is 10.2 Å². The van der Waals surface area contributed by atoms with E-state index < -0.39 is 29.4 Å². The number of hydrogen-bond acceptors (Lipinski definition) is 2. The molecule has 3 rings (SSSR count). The van der Waals surface area contributed by atoms with Gasteiger partial charge in [-0.3, -0.25) is 9.69 Å².